The van der Waals surface area contributed by atoms with E-state index in [1.54, 1.807) is 0 Å². The lowest BCUT2D eigenvalue weighted by molar-refractivity contribution is -0.150. The predicted octanol–water partition coefficient (Wildman–Crippen LogP) is 3.54. The molecule has 0 aromatic heterocycles. The van der Waals surface area contributed by atoms with Gasteiger partial charge in [-0.05, 0) is 37.7 Å². The smallest absolute Gasteiger partial charge is 0.381 e. The fourth-order valence-electron chi connectivity index (χ4n) is 5.61. The number of nitrogens with one attached hydrogen (secondary N) is 2. The molecule has 1 spiro atoms. The lowest BCUT2D eigenvalue weighted by atomic mass is 9.75. The summed E-state index contributed by atoms with van der Waals surface area (Å²) in [6.07, 6.45) is 0.805. The molecule has 3 aliphatic heterocycles. The number of halogens is 3. The zero-order chi connectivity index (χ0) is 27.2. The largest absolute Gasteiger partial charge is 0.389 e. The molecule has 10 heteroatoms. The van der Waals surface area contributed by atoms with E-state index >= 15 is 0 Å². The number of piperidine rings is 1. The molecular weight excluding hydrogens is 499 g/mol. The van der Waals surface area contributed by atoms with Crippen LogP contribution in [0.1, 0.15) is 50.5 Å². The topological polar surface area (TPSA) is 87.7 Å². The Kier molecular flexibility index (Phi) is 9.12. The SMILES string of the molecule is O=C1N[C@H]2CCN(C(=O)CCC(F)(F)F)C[C@H]2C/C=C/CC2(CCOCC2)C(=O)N[C@@H]1Cc1ccccc1. The van der Waals surface area contributed by atoms with Crippen molar-refractivity contribution in [2.45, 2.75) is 69.6 Å². The number of nitrogens with zero attached hydrogens (tertiary/aromatic N) is 1. The number of rotatable bonds is 4. The molecule has 0 saturated carbocycles. The van der Waals surface area contributed by atoms with Crippen LogP contribution in [0.5, 0.6) is 0 Å². The zero-order valence-electron chi connectivity index (χ0n) is 21.5. The number of carbonyl (C=O) groups is 3. The van der Waals surface area contributed by atoms with Gasteiger partial charge < -0.3 is 20.3 Å². The molecule has 2 saturated heterocycles. The molecule has 4 rings (SSSR count). The van der Waals surface area contributed by atoms with Gasteiger partial charge in [0.05, 0.1) is 11.8 Å². The normalized spacial score (nSPS) is 27.3. The summed E-state index contributed by atoms with van der Waals surface area (Å²) in [7, 11) is 0. The zero-order valence-corrected chi connectivity index (χ0v) is 21.5. The van der Waals surface area contributed by atoms with E-state index in [1.165, 1.54) is 4.90 Å². The highest BCUT2D eigenvalue weighted by atomic mass is 19.4. The van der Waals surface area contributed by atoms with Gasteiger partial charge in [0, 0.05) is 51.1 Å². The number of fused-ring (bicyclic) bond motifs is 1. The Morgan fingerprint density at radius 1 is 1.08 bits per heavy atom. The number of hydrogen-bond acceptors (Lipinski definition) is 4. The van der Waals surface area contributed by atoms with Gasteiger partial charge in [0.25, 0.3) is 0 Å². The monoisotopic (exact) mass is 535 g/mol. The summed E-state index contributed by atoms with van der Waals surface area (Å²) in [6.45, 7) is 1.49. The third-order valence-corrected chi connectivity index (χ3v) is 7.99. The van der Waals surface area contributed by atoms with Crippen molar-refractivity contribution < 1.29 is 32.3 Å². The third-order valence-electron chi connectivity index (χ3n) is 7.99. The molecule has 3 heterocycles. The highest BCUT2D eigenvalue weighted by molar-refractivity contribution is 5.90. The van der Waals surface area contributed by atoms with Crippen LogP contribution in [0.15, 0.2) is 42.5 Å². The summed E-state index contributed by atoms with van der Waals surface area (Å²) in [5.41, 5.74) is 0.247. The minimum atomic E-state index is -4.38. The molecule has 1 aromatic carbocycles. The van der Waals surface area contributed by atoms with E-state index in [-0.39, 0.29) is 36.9 Å². The second-order valence-electron chi connectivity index (χ2n) is 10.6. The van der Waals surface area contributed by atoms with Crippen LogP contribution in [0.4, 0.5) is 13.2 Å². The molecule has 0 aliphatic carbocycles. The van der Waals surface area contributed by atoms with E-state index < -0.39 is 36.4 Å². The summed E-state index contributed by atoms with van der Waals surface area (Å²) in [5, 5.41) is 6.14. The fraction of sp³-hybridized carbons (Fsp3) is 0.607. The Balaban J connectivity index is 1.54. The van der Waals surface area contributed by atoms with E-state index in [0.29, 0.717) is 51.7 Å². The van der Waals surface area contributed by atoms with Crippen LogP contribution in [-0.4, -0.2) is 67.2 Å². The van der Waals surface area contributed by atoms with Crippen molar-refractivity contribution in [1.29, 1.82) is 0 Å². The maximum Gasteiger partial charge on any atom is 0.389 e. The van der Waals surface area contributed by atoms with Gasteiger partial charge in [0.15, 0.2) is 0 Å². The van der Waals surface area contributed by atoms with Gasteiger partial charge in [0.1, 0.15) is 6.04 Å². The fourth-order valence-corrected chi connectivity index (χ4v) is 5.61. The summed E-state index contributed by atoms with van der Waals surface area (Å²) < 4.78 is 43.5. The van der Waals surface area contributed by atoms with Gasteiger partial charge in [-0.25, -0.2) is 0 Å². The average Bonchev–Trinajstić information content (AvgIpc) is 2.90. The summed E-state index contributed by atoms with van der Waals surface area (Å²) >= 11 is 0. The van der Waals surface area contributed by atoms with Crippen LogP contribution in [0.25, 0.3) is 0 Å². The Morgan fingerprint density at radius 3 is 2.53 bits per heavy atom. The van der Waals surface area contributed by atoms with Crippen molar-refractivity contribution in [2.24, 2.45) is 11.3 Å². The molecule has 3 amide bonds. The van der Waals surface area contributed by atoms with E-state index in [0.717, 1.165) is 5.56 Å². The second-order valence-corrected chi connectivity index (χ2v) is 10.6. The first-order chi connectivity index (χ1) is 18.2. The van der Waals surface area contributed by atoms with Gasteiger partial charge in [-0.15, -0.1) is 0 Å². The van der Waals surface area contributed by atoms with Crippen molar-refractivity contribution in [3.8, 4) is 0 Å². The van der Waals surface area contributed by atoms with Crippen molar-refractivity contribution in [2.75, 3.05) is 26.3 Å². The highest BCUT2D eigenvalue weighted by Crippen LogP contribution is 2.36. The number of amides is 3. The van der Waals surface area contributed by atoms with Crippen LogP contribution in [0.3, 0.4) is 0 Å². The van der Waals surface area contributed by atoms with Gasteiger partial charge in [-0.1, -0.05) is 42.5 Å². The van der Waals surface area contributed by atoms with Crippen molar-refractivity contribution in [3.05, 3.63) is 48.0 Å². The van der Waals surface area contributed by atoms with Gasteiger partial charge in [0.2, 0.25) is 17.7 Å². The van der Waals surface area contributed by atoms with E-state index in [4.69, 9.17) is 4.74 Å². The number of alkyl halides is 3. The Hall–Kier alpha value is -2.88. The lowest BCUT2D eigenvalue weighted by Crippen LogP contribution is -2.58. The summed E-state index contributed by atoms with van der Waals surface area (Å²) in [4.78, 5) is 41.1. The number of ether oxygens (including phenoxy) is 1. The first-order valence-electron chi connectivity index (χ1n) is 13.4. The summed E-state index contributed by atoms with van der Waals surface area (Å²) in [6, 6.07) is 8.45. The van der Waals surface area contributed by atoms with Gasteiger partial charge in [-0.3, -0.25) is 14.4 Å². The second kappa shape index (κ2) is 12.3. The van der Waals surface area contributed by atoms with E-state index in [2.05, 4.69) is 10.6 Å². The Morgan fingerprint density at radius 2 is 1.82 bits per heavy atom. The molecule has 1 aromatic rings. The van der Waals surface area contributed by atoms with Crippen molar-refractivity contribution in [3.63, 3.8) is 0 Å². The standard InChI is InChI=1S/C28H36F3N3O4/c29-28(30,31)12-9-24(35)34-15-10-22-21(19-34)8-4-5-11-27(13-16-38-17-14-27)26(37)33-23(25(36)32-22)18-20-6-2-1-3-7-20/h1-7,21-23H,8-19H2,(H,32,36)(H,33,37)/b5-4+/t21-,22+,23-/m1/s1. The molecule has 2 N–H and O–H groups in total. The molecule has 208 valence electrons. The first kappa shape index (κ1) is 28.1. The number of benzene rings is 1. The molecule has 38 heavy (non-hydrogen) atoms. The van der Waals surface area contributed by atoms with Gasteiger partial charge in [-0.2, -0.15) is 13.2 Å². The minimum Gasteiger partial charge on any atom is -0.381 e. The molecule has 0 radical (unpaired) electrons. The molecule has 3 atom stereocenters. The van der Waals surface area contributed by atoms with Crippen molar-refractivity contribution in [1.82, 2.24) is 15.5 Å². The molecule has 0 unspecified atom stereocenters. The van der Waals surface area contributed by atoms with E-state index in [9.17, 15) is 27.6 Å². The maximum atomic E-state index is 13.6. The molecular formula is C28H36F3N3O4. The van der Waals surface area contributed by atoms with Crippen LogP contribution >= 0.6 is 0 Å². The van der Waals surface area contributed by atoms with E-state index in [1.807, 2.05) is 42.5 Å². The molecule has 3 aliphatic rings. The average molecular weight is 536 g/mol. The Bertz CT molecular complexity index is 1010. The lowest BCUT2D eigenvalue weighted by Gasteiger charge is -2.40. The van der Waals surface area contributed by atoms with Crippen molar-refractivity contribution >= 4 is 17.7 Å². The molecule has 0 bridgehead atoms. The third kappa shape index (κ3) is 7.36. The van der Waals surface area contributed by atoms with Crippen LogP contribution in [-0.2, 0) is 25.5 Å². The molecule has 7 nitrogen and oxygen atoms in total. The van der Waals surface area contributed by atoms with Crippen LogP contribution < -0.4 is 10.6 Å². The first-order valence-corrected chi connectivity index (χ1v) is 13.4. The molecule has 2 fully saturated rings. The highest BCUT2D eigenvalue weighted by Gasteiger charge is 2.42. The number of allylic oxidation sites excluding steroid dienone is 2. The summed E-state index contributed by atoms with van der Waals surface area (Å²) in [5.74, 6) is -1.10. The number of hydrogen-bond donors (Lipinski definition) is 2. The minimum absolute atomic E-state index is 0.142. The van der Waals surface area contributed by atoms with Gasteiger partial charge >= 0.3 is 6.18 Å². The number of likely N-dealkylation sites (tertiary alicyclic amines) is 1. The Labute approximate surface area is 221 Å². The maximum absolute atomic E-state index is 13.6. The predicted molar refractivity (Wildman–Crippen MR) is 135 cm³/mol. The quantitative estimate of drug-likeness (QED) is 0.578. The number of carbonyl (C=O) groups excluding carboxylic acids is 3. The van der Waals surface area contributed by atoms with Crippen LogP contribution in [0.2, 0.25) is 0 Å². The van der Waals surface area contributed by atoms with Crippen LogP contribution in [0, 0.1) is 11.3 Å².